The third-order valence-electron chi connectivity index (χ3n) is 5.43. The molecule has 1 aromatic heterocycles. The zero-order valence-corrected chi connectivity index (χ0v) is 13.6. The maximum absolute atomic E-state index is 6.32. The maximum atomic E-state index is 6.32. The van der Waals surface area contributed by atoms with E-state index in [4.69, 9.17) is 4.74 Å². The van der Waals surface area contributed by atoms with Gasteiger partial charge in [0.1, 0.15) is 11.2 Å². The molecule has 2 unspecified atom stereocenters. The summed E-state index contributed by atoms with van der Waals surface area (Å²) in [6.07, 6.45) is 6.63. The molecule has 2 aliphatic heterocycles. The van der Waals surface area contributed by atoms with Crippen LogP contribution in [0, 0.1) is 0 Å². The number of nitrogens with zero attached hydrogens (tertiary/aromatic N) is 1. The Hall–Kier alpha value is -2.32. The molecule has 0 saturated carbocycles. The van der Waals surface area contributed by atoms with E-state index in [2.05, 4.69) is 86.3 Å². The summed E-state index contributed by atoms with van der Waals surface area (Å²) >= 11 is 0. The molecule has 2 aromatic carbocycles. The van der Waals surface area contributed by atoms with E-state index in [-0.39, 0.29) is 11.2 Å². The quantitative estimate of drug-likeness (QED) is 0.585. The van der Waals surface area contributed by atoms with E-state index in [1.165, 1.54) is 33.2 Å². The van der Waals surface area contributed by atoms with Crippen LogP contribution in [0.3, 0.4) is 0 Å². The van der Waals surface area contributed by atoms with Gasteiger partial charge >= 0.3 is 0 Å². The fourth-order valence-electron chi connectivity index (χ4n) is 4.21. The maximum Gasteiger partial charge on any atom is 0.111 e. The molecule has 5 rings (SSSR count). The Morgan fingerprint density at radius 3 is 2.26 bits per heavy atom. The average Bonchev–Trinajstić information content (AvgIpc) is 3.13. The molecule has 114 valence electrons. The third kappa shape index (κ3) is 1.57. The molecular formula is C21H19NO. The molecular weight excluding hydrogens is 282 g/mol. The normalized spacial score (nSPS) is 27.8. The first-order valence-corrected chi connectivity index (χ1v) is 8.10. The highest BCUT2D eigenvalue weighted by Crippen LogP contribution is 2.54. The topological polar surface area (TPSA) is 14.2 Å². The zero-order valence-electron chi connectivity index (χ0n) is 13.6. The number of rotatable bonds is 1. The Morgan fingerprint density at radius 2 is 1.57 bits per heavy atom. The van der Waals surface area contributed by atoms with Crippen molar-refractivity contribution in [2.75, 3.05) is 0 Å². The third-order valence-corrected chi connectivity index (χ3v) is 5.43. The Morgan fingerprint density at radius 1 is 0.913 bits per heavy atom. The summed E-state index contributed by atoms with van der Waals surface area (Å²) in [5, 5.41) is 1.30. The molecule has 2 aliphatic rings. The summed E-state index contributed by atoms with van der Waals surface area (Å²) in [5.74, 6) is 0. The number of ether oxygens (including phenoxy) is 1. The van der Waals surface area contributed by atoms with Crippen LogP contribution < -0.4 is 0 Å². The number of hydrogen-bond acceptors (Lipinski definition) is 1. The number of aromatic nitrogens is 1. The summed E-state index contributed by atoms with van der Waals surface area (Å²) in [6.45, 7) is 4.32. The largest absolute Gasteiger partial charge is 0.351 e. The van der Waals surface area contributed by atoms with Crippen molar-refractivity contribution in [1.82, 2.24) is 4.57 Å². The summed E-state index contributed by atoms with van der Waals surface area (Å²) in [5.41, 5.74) is 5.84. The van der Waals surface area contributed by atoms with Gasteiger partial charge in [-0.3, -0.25) is 0 Å². The second-order valence-corrected chi connectivity index (χ2v) is 7.08. The van der Waals surface area contributed by atoms with Gasteiger partial charge in [0.15, 0.2) is 0 Å². The Bertz CT molecular complexity index is 982. The van der Waals surface area contributed by atoms with Crippen LogP contribution in [0.4, 0.5) is 0 Å². The molecule has 0 fully saturated rings. The minimum absolute atomic E-state index is 0.282. The highest BCUT2D eigenvalue weighted by molar-refractivity contribution is 5.97. The van der Waals surface area contributed by atoms with Crippen molar-refractivity contribution in [3.63, 3.8) is 0 Å². The van der Waals surface area contributed by atoms with Gasteiger partial charge in [0.05, 0.1) is 0 Å². The highest BCUT2D eigenvalue weighted by Gasteiger charge is 2.50. The molecule has 0 amide bonds. The standard InChI is InChI=1S/C21H19NO/c1-20-9-10-21(2,23-20)18-12-19-15(11-17(18)20)16(13-22(19)3)14-7-5-4-6-8-14/h4-13H,1-3H3. The van der Waals surface area contributed by atoms with Gasteiger partial charge in [-0.15, -0.1) is 0 Å². The van der Waals surface area contributed by atoms with Crippen molar-refractivity contribution in [3.8, 4) is 11.1 Å². The van der Waals surface area contributed by atoms with Gasteiger partial charge in [-0.1, -0.05) is 30.3 Å². The molecule has 0 N–H and O–H groups in total. The predicted molar refractivity (Wildman–Crippen MR) is 93.3 cm³/mol. The van der Waals surface area contributed by atoms with E-state index in [1.807, 2.05) is 0 Å². The second kappa shape index (κ2) is 3.95. The lowest BCUT2D eigenvalue weighted by molar-refractivity contribution is -0.0494. The van der Waals surface area contributed by atoms with Crippen molar-refractivity contribution in [2.24, 2.45) is 7.05 Å². The molecule has 0 radical (unpaired) electrons. The SMILES string of the molecule is Cn1cc(-c2ccccc2)c2cc3c(cc21)C1(C)C=CC3(C)O1. The molecule has 0 saturated heterocycles. The summed E-state index contributed by atoms with van der Waals surface area (Å²) in [7, 11) is 2.12. The number of aryl methyl sites for hydroxylation is 1. The highest BCUT2D eigenvalue weighted by atomic mass is 16.5. The van der Waals surface area contributed by atoms with Gasteiger partial charge in [0.2, 0.25) is 0 Å². The van der Waals surface area contributed by atoms with Crippen LogP contribution in [0.15, 0.2) is 60.8 Å². The van der Waals surface area contributed by atoms with Gasteiger partial charge in [0, 0.05) is 29.7 Å². The van der Waals surface area contributed by atoms with Gasteiger partial charge in [-0.05, 0) is 54.8 Å². The fourth-order valence-corrected chi connectivity index (χ4v) is 4.21. The van der Waals surface area contributed by atoms with Crippen LogP contribution in [-0.2, 0) is 23.0 Å². The van der Waals surface area contributed by atoms with Crippen molar-refractivity contribution in [2.45, 2.75) is 25.0 Å². The lowest BCUT2D eigenvalue weighted by atomic mass is 9.82. The summed E-state index contributed by atoms with van der Waals surface area (Å²) in [4.78, 5) is 0. The monoisotopic (exact) mass is 301 g/mol. The van der Waals surface area contributed by atoms with E-state index in [1.54, 1.807) is 0 Å². The summed E-state index contributed by atoms with van der Waals surface area (Å²) < 4.78 is 8.54. The van der Waals surface area contributed by atoms with Crippen molar-refractivity contribution >= 4 is 10.9 Å². The van der Waals surface area contributed by atoms with Gasteiger partial charge in [-0.25, -0.2) is 0 Å². The molecule has 3 heterocycles. The van der Waals surface area contributed by atoms with E-state index in [0.29, 0.717) is 0 Å². The minimum atomic E-state index is -0.290. The van der Waals surface area contributed by atoms with E-state index >= 15 is 0 Å². The molecule has 2 heteroatoms. The second-order valence-electron chi connectivity index (χ2n) is 7.08. The van der Waals surface area contributed by atoms with Gasteiger partial charge < -0.3 is 9.30 Å². The molecule has 0 spiro atoms. The van der Waals surface area contributed by atoms with Crippen LogP contribution in [0.25, 0.3) is 22.0 Å². The first kappa shape index (κ1) is 13.1. The van der Waals surface area contributed by atoms with Gasteiger partial charge in [0.25, 0.3) is 0 Å². The lowest BCUT2D eigenvalue weighted by Crippen LogP contribution is -2.17. The van der Waals surface area contributed by atoms with Crippen molar-refractivity contribution in [3.05, 3.63) is 71.9 Å². The molecule has 2 nitrogen and oxygen atoms in total. The Balaban J connectivity index is 1.84. The Labute approximate surface area is 136 Å². The van der Waals surface area contributed by atoms with Gasteiger partial charge in [-0.2, -0.15) is 0 Å². The summed E-state index contributed by atoms with van der Waals surface area (Å²) in [6, 6.07) is 15.2. The number of hydrogen-bond donors (Lipinski definition) is 0. The van der Waals surface area contributed by atoms with Crippen LogP contribution >= 0.6 is 0 Å². The first-order valence-electron chi connectivity index (χ1n) is 8.10. The lowest BCUT2D eigenvalue weighted by Gasteiger charge is -2.18. The molecule has 2 bridgehead atoms. The molecule has 0 aliphatic carbocycles. The van der Waals surface area contributed by atoms with E-state index in [9.17, 15) is 0 Å². The van der Waals surface area contributed by atoms with Crippen LogP contribution in [0.2, 0.25) is 0 Å². The fraction of sp³-hybridized carbons (Fsp3) is 0.238. The van der Waals surface area contributed by atoms with E-state index in [0.717, 1.165) is 0 Å². The van der Waals surface area contributed by atoms with Crippen LogP contribution in [0.1, 0.15) is 25.0 Å². The van der Waals surface area contributed by atoms with Crippen LogP contribution in [0.5, 0.6) is 0 Å². The number of fused-ring (bicyclic) bond motifs is 6. The van der Waals surface area contributed by atoms with Crippen molar-refractivity contribution in [1.29, 1.82) is 0 Å². The smallest absolute Gasteiger partial charge is 0.111 e. The Kier molecular flexibility index (Phi) is 2.26. The average molecular weight is 301 g/mol. The molecule has 2 atom stereocenters. The predicted octanol–water partition coefficient (Wildman–Crippen LogP) is 4.88. The zero-order chi connectivity index (χ0) is 15.8. The molecule has 23 heavy (non-hydrogen) atoms. The first-order chi connectivity index (χ1) is 11.0. The molecule has 3 aromatic rings. The number of benzene rings is 2. The van der Waals surface area contributed by atoms with Crippen LogP contribution in [-0.4, -0.2) is 4.57 Å². The van der Waals surface area contributed by atoms with E-state index < -0.39 is 0 Å². The van der Waals surface area contributed by atoms with Crippen molar-refractivity contribution < 1.29 is 4.74 Å². The minimum Gasteiger partial charge on any atom is -0.351 e.